The van der Waals surface area contributed by atoms with Crippen molar-refractivity contribution in [2.24, 2.45) is 0 Å². The summed E-state index contributed by atoms with van der Waals surface area (Å²) in [6.45, 7) is 1.37. The first kappa shape index (κ1) is 15.5. The van der Waals surface area contributed by atoms with Gasteiger partial charge in [-0.15, -0.1) is 5.10 Å². The Balaban J connectivity index is 1.80. The number of H-pyrrole nitrogens is 1. The Hall–Kier alpha value is -2.41. The lowest BCUT2D eigenvalue weighted by Crippen LogP contribution is -2.41. The molecule has 1 aliphatic rings. The lowest BCUT2D eigenvalue weighted by atomic mass is 9.97. The van der Waals surface area contributed by atoms with E-state index in [1.54, 1.807) is 4.90 Å². The lowest BCUT2D eigenvalue weighted by Gasteiger charge is -2.31. The van der Waals surface area contributed by atoms with Crippen LogP contribution < -0.4 is 5.69 Å². The van der Waals surface area contributed by atoms with E-state index in [0.29, 0.717) is 12.4 Å². The predicted molar refractivity (Wildman–Crippen MR) is 84.6 cm³/mol. The molecule has 2 aromatic rings. The molecule has 1 aromatic heterocycles. The van der Waals surface area contributed by atoms with E-state index in [2.05, 4.69) is 10.1 Å². The summed E-state index contributed by atoms with van der Waals surface area (Å²) in [7, 11) is 1.51. The second kappa shape index (κ2) is 6.78. The Kier molecular flexibility index (Phi) is 4.57. The second-order valence-electron chi connectivity index (χ2n) is 5.67. The van der Waals surface area contributed by atoms with E-state index in [0.717, 1.165) is 25.1 Å². The molecular formula is C16H20N4O3. The first-order valence-electron chi connectivity index (χ1n) is 7.70. The quantitative estimate of drug-likeness (QED) is 0.909. The van der Waals surface area contributed by atoms with E-state index in [4.69, 9.17) is 4.74 Å². The van der Waals surface area contributed by atoms with Gasteiger partial charge >= 0.3 is 5.69 Å². The van der Waals surface area contributed by atoms with E-state index >= 15 is 0 Å². The van der Waals surface area contributed by atoms with Crippen molar-refractivity contribution in [3.8, 4) is 5.69 Å². The van der Waals surface area contributed by atoms with Crippen LogP contribution >= 0.6 is 0 Å². The Morgan fingerprint density at radius 1 is 1.39 bits per heavy atom. The minimum absolute atomic E-state index is 0.0259. The molecule has 122 valence electrons. The summed E-state index contributed by atoms with van der Waals surface area (Å²) >= 11 is 0. The van der Waals surface area contributed by atoms with Crippen LogP contribution in [0.3, 0.4) is 0 Å². The summed E-state index contributed by atoms with van der Waals surface area (Å²) in [6, 6.07) is 9.29. The molecule has 3 rings (SSSR count). The summed E-state index contributed by atoms with van der Waals surface area (Å²) in [5, 5.41) is 4.42. The number of ether oxygens (including phenoxy) is 1. The van der Waals surface area contributed by atoms with Gasteiger partial charge in [-0.25, -0.2) is 4.79 Å². The van der Waals surface area contributed by atoms with E-state index < -0.39 is 0 Å². The third-order valence-corrected chi connectivity index (χ3v) is 4.06. The molecule has 1 aromatic carbocycles. The highest BCUT2D eigenvalue weighted by Crippen LogP contribution is 2.24. The molecule has 2 heterocycles. The van der Waals surface area contributed by atoms with Crippen LogP contribution in [0.15, 0.2) is 35.1 Å². The molecule has 23 heavy (non-hydrogen) atoms. The third-order valence-electron chi connectivity index (χ3n) is 4.06. The number of amides is 1. The first-order valence-corrected chi connectivity index (χ1v) is 7.70. The normalized spacial score (nSPS) is 18.1. The van der Waals surface area contributed by atoms with Gasteiger partial charge in [-0.05, 0) is 25.0 Å². The van der Waals surface area contributed by atoms with Gasteiger partial charge in [0, 0.05) is 26.1 Å². The molecule has 1 N–H and O–H groups in total. The Morgan fingerprint density at radius 3 is 2.91 bits per heavy atom. The van der Waals surface area contributed by atoms with Crippen molar-refractivity contribution in [1.29, 1.82) is 0 Å². The van der Waals surface area contributed by atoms with Gasteiger partial charge in [0.2, 0.25) is 5.91 Å². The number of hydrogen-bond acceptors (Lipinski definition) is 4. The SMILES string of the molecule is COCC(=O)N1CCCC(c2nn(-c3ccccc3)c(=O)[nH]2)C1. The topological polar surface area (TPSA) is 80.2 Å². The number of aromatic nitrogens is 3. The molecule has 0 radical (unpaired) electrons. The van der Waals surface area contributed by atoms with Crippen molar-refractivity contribution < 1.29 is 9.53 Å². The van der Waals surface area contributed by atoms with Crippen LogP contribution in [0.25, 0.3) is 5.69 Å². The molecule has 0 spiro atoms. The fraction of sp³-hybridized carbons (Fsp3) is 0.438. The van der Waals surface area contributed by atoms with Crippen molar-refractivity contribution >= 4 is 5.91 Å². The largest absolute Gasteiger partial charge is 0.375 e. The molecule has 1 fully saturated rings. The second-order valence-corrected chi connectivity index (χ2v) is 5.67. The maximum Gasteiger partial charge on any atom is 0.348 e. The number of nitrogens with zero attached hydrogens (tertiary/aromatic N) is 3. The molecule has 1 amide bonds. The minimum atomic E-state index is -0.258. The average molecular weight is 316 g/mol. The summed E-state index contributed by atoms with van der Waals surface area (Å²) in [5.41, 5.74) is 0.467. The molecule has 0 bridgehead atoms. The molecule has 1 unspecified atom stereocenters. The average Bonchev–Trinajstić information content (AvgIpc) is 2.98. The highest BCUT2D eigenvalue weighted by molar-refractivity contribution is 5.77. The van der Waals surface area contributed by atoms with Crippen LogP contribution in [0.5, 0.6) is 0 Å². The van der Waals surface area contributed by atoms with E-state index in [1.165, 1.54) is 11.8 Å². The number of nitrogens with one attached hydrogen (secondary N) is 1. The highest BCUT2D eigenvalue weighted by atomic mass is 16.5. The summed E-state index contributed by atoms with van der Waals surface area (Å²) in [5.74, 6) is 0.651. The zero-order valence-corrected chi connectivity index (χ0v) is 13.1. The smallest absolute Gasteiger partial charge is 0.348 e. The first-order chi connectivity index (χ1) is 11.2. The number of benzene rings is 1. The van der Waals surface area contributed by atoms with Crippen molar-refractivity contribution in [1.82, 2.24) is 19.7 Å². The van der Waals surface area contributed by atoms with Gasteiger partial charge in [0.1, 0.15) is 12.4 Å². The van der Waals surface area contributed by atoms with Crippen LogP contribution in [0, 0.1) is 0 Å². The molecule has 0 aliphatic carbocycles. The summed E-state index contributed by atoms with van der Waals surface area (Å²) < 4.78 is 6.28. The van der Waals surface area contributed by atoms with Gasteiger partial charge in [-0.1, -0.05) is 18.2 Å². The zero-order valence-electron chi connectivity index (χ0n) is 13.1. The standard InChI is InChI=1S/C16H20N4O3/c1-23-11-14(21)19-9-5-6-12(10-19)15-17-16(22)20(18-15)13-7-3-2-4-8-13/h2-4,7-8,12H,5-6,9-11H2,1H3,(H,17,18,22). The number of rotatable bonds is 4. The number of carbonyl (C=O) groups excluding carboxylic acids is 1. The number of methoxy groups -OCH3 is 1. The lowest BCUT2D eigenvalue weighted by molar-refractivity contribution is -0.136. The predicted octanol–water partition coefficient (Wildman–Crippen LogP) is 0.913. The number of piperidine rings is 1. The number of likely N-dealkylation sites (tertiary alicyclic amines) is 1. The van der Waals surface area contributed by atoms with Crippen molar-refractivity contribution in [3.63, 3.8) is 0 Å². The summed E-state index contributed by atoms with van der Waals surface area (Å²) in [4.78, 5) is 28.7. The van der Waals surface area contributed by atoms with E-state index in [-0.39, 0.29) is 24.1 Å². The van der Waals surface area contributed by atoms with Crippen molar-refractivity contribution in [2.45, 2.75) is 18.8 Å². The highest BCUT2D eigenvalue weighted by Gasteiger charge is 2.27. The third kappa shape index (κ3) is 3.34. The maximum absolute atomic E-state index is 12.1. The van der Waals surface area contributed by atoms with Crippen LogP contribution in [0.2, 0.25) is 0 Å². The number of carbonyl (C=O) groups is 1. The fourth-order valence-electron chi connectivity index (χ4n) is 2.91. The minimum Gasteiger partial charge on any atom is -0.375 e. The van der Waals surface area contributed by atoms with Gasteiger partial charge in [-0.3, -0.25) is 9.78 Å². The van der Waals surface area contributed by atoms with Gasteiger partial charge in [0.15, 0.2) is 0 Å². The Labute approximate surface area is 133 Å². The molecule has 0 saturated carbocycles. The number of aromatic amines is 1. The number of para-hydroxylation sites is 1. The summed E-state index contributed by atoms with van der Waals surface area (Å²) in [6.07, 6.45) is 1.79. The van der Waals surface area contributed by atoms with E-state index in [9.17, 15) is 9.59 Å². The molecule has 7 nitrogen and oxygen atoms in total. The van der Waals surface area contributed by atoms with E-state index in [1.807, 2.05) is 30.3 Å². The fourth-order valence-corrected chi connectivity index (χ4v) is 2.91. The van der Waals surface area contributed by atoms with Crippen LogP contribution in [-0.4, -0.2) is 52.4 Å². The maximum atomic E-state index is 12.1. The van der Waals surface area contributed by atoms with Crippen LogP contribution in [0.1, 0.15) is 24.6 Å². The van der Waals surface area contributed by atoms with Gasteiger partial charge < -0.3 is 9.64 Å². The zero-order chi connectivity index (χ0) is 16.2. The van der Waals surface area contributed by atoms with Gasteiger partial charge in [0.05, 0.1) is 5.69 Å². The molecule has 7 heteroatoms. The van der Waals surface area contributed by atoms with Crippen LogP contribution in [0.4, 0.5) is 0 Å². The molecule has 1 saturated heterocycles. The van der Waals surface area contributed by atoms with Gasteiger partial charge in [-0.2, -0.15) is 4.68 Å². The van der Waals surface area contributed by atoms with Crippen molar-refractivity contribution in [3.05, 3.63) is 46.6 Å². The van der Waals surface area contributed by atoms with Gasteiger partial charge in [0.25, 0.3) is 0 Å². The van der Waals surface area contributed by atoms with Crippen LogP contribution in [-0.2, 0) is 9.53 Å². The monoisotopic (exact) mass is 316 g/mol. The molecule has 1 aliphatic heterocycles. The molecule has 1 atom stereocenters. The Bertz CT molecular complexity index is 722. The number of hydrogen-bond donors (Lipinski definition) is 1. The van der Waals surface area contributed by atoms with Crippen molar-refractivity contribution in [2.75, 3.05) is 26.8 Å². The molecular weight excluding hydrogens is 296 g/mol. The Morgan fingerprint density at radius 2 is 2.17 bits per heavy atom.